The van der Waals surface area contributed by atoms with Crippen molar-refractivity contribution >= 4 is 15.9 Å². The largest absolute Gasteiger partial charge is 0.493 e. The molecule has 0 spiro atoms. The highest BCUT2D eigenvalue weighted by molar-refractivity contribution is 9.10. The number of nitrogens with two attached hydrogens (primary N) is 1. The molecule has 0 aromatic heterocycles. The molecule has 2 rings (SSSR count). The van der Waals surface area contributed by atoms with Crippen molar-refractivity contribution in [1.82, 2.24) is 0 Å². The summed E-state index contributed by atoms with van der Waals surface area (Å²) in [4.78, 5) is 0. The predicted molar refractivity (Wildman–Crippen MR) is 78.9 cm³/mol. The second-order valence-corrected chi connectivity index (χ2v) is 6.41. The van der Waals surface area contributed by atoms with Crippen LogP contribution in [0.4, 0.5) is 0 Å². The van der Waals surface area contributed by atoms with E-state index in [1.807, 2.05) is 25.1 Å². The van der Waals surface area contributed by atoms with Crippen LogP contribution >= 0.6 is 15.9 Å². The van der Waals surface area contributed by atoms with Gasteiger partial charge in [0.15, 0.2) is 0 Å². The van der Waals surface area contributed by atoms with E-state index in [9.17, 15) is 0 Å². The number of hydrogen-bond acceptors (Lipinski definition) is 3. The van der Waals surface area contributed by atoms with E-state index in [-0.39, 0.29) is 11.5 Å². The summed E-state index contributed by atoms with van der Waals surface area (Å²) in [6.07, 6.45) is 3.62. The van der Waals surface area contributed by atoms with Crippen molar-refractivity contribution in [3.63, 3.8) is 0 Å². The Bertz CT molecular complexity index is 489. The van der Waals surface area contributed by atoms with Crippen molar-refractivity contribution in [3.05, 3.63) is 28.2 Å². The maximum absolute atomic E-state index is 8.79. The molecule has 1 aliphatic carbocycles. The zero-order valence-corrected chi connectivity index (χ0v) is 12.7. The maximum atomic E-state index is 8.79. The predicted octanol–water partition coefficient (Wildman–Crippen LogP) is 3.41. The van der Waals surface area contributed by atoms with Crippen molar-refractivity contribution < 1.29 is 4.74 Å². The third kappa shape index (κ3) is 3.95. The second-order valence-electron chi connectivity index (χ2n) is 5.56. The van der Waals surface area contributed by atoms with E-state index in [1.165, 1.54) is 0 Å². The number of halogens is 1. The van der Waals surface area contributed by atoms with Crippen LogP contribution in [0.5, 0.6) is 5.75 Å². The summed E-state index contributed by atoms with van der Waals surface area (Å²) < 4.78 is 6.92. The van der Waals surface area contributed by atoms with E-state index >= 15 is 0 Å². The Morgan fingerprint density at radius 3 is 2.84 bits per heavy atom. The van der Waals surface area contributed by atoms with E-state index in [2.05, 4.69) is 22.0 Å². The minimum absolute atomic E-state index is 0.114. The Morgan fingerprint density at radius 1 is 1.53 bits per heavy atom. The molecule has 0 saturated heterocycles. The van der Waals surface area contributed by atoms with Gasteiger partial charge >= 0.3 is 0 Å². The molecule has 2 N–H and O–H groups in total. The van der Waals surface area contributed by atoms with Gasteiger partial charge in [-0.2, -0.15) is 5.26 Å². The van der Waals surface area contributed by atoms with Gasteiger partial charge in [0.05, 0.1) is 12.7 Å². The van der Waals surface area contributed by atoms with E-state index in [4.69, 9.17) is 15.7 Å². The molecule has 0 aliphatic heterocycles. The quantitative estimate of drug-likeness (QED) is 0.873. The molecular weight excluding hydrogens is 304 g/mol. The first-order valence-electron chi connectivity index (χ1n) is 6.58. The van der Waals surface area contributed by atoms with Gasteiger partial charge in [0.25, 0.3) is 0 Å². The minimum atomic E-state index is 0.114. The number of rotatable bonds is 6. The molecule has 3 nitrogen and oxygen atoms in total. The van der Waals surface area contributed by atoms with Crippen LogP contribution in [0.15, 0.2) is 22.7 Å². The first-order valence-corrected chi connectivity index (χ1v) is 7.38. The van der Waals surface area contributed by atoms with E-state index < -0.39 is 0 Å². The van der Waals surface area contributed by atoms with Gasteiger partial charge in [-0.15, -0.1) is 0 Å². The summed E-state index contributed by atoms with van der Waals surface area (Å²) in [6, 6.07) is 8.36. The maximum Gasteiger partial charge on any atom is 0.119 e. The normalized spacial score (nSPS) is 17.6. The third-order valence-corrected chi connectivity index (χ3v) is 4.29. The van der Waals surface area contributed by atoms with Crippen LogP contribution in [0, 0.1) is 16.7 Å². The van der Waals surface area contributed by atoms with Gasteiger partial charge in [-0.05, 0) is 49.9 Å². The summed E-state index contributed by atoms with van der Waals surface area (Å²) >= 11 is 3.53. The fourth-order valence-electron chi connectivity index (χ4n) is 2.10. The molecule has 0 radical (unpaired) electrons. The number of nitriles is 1. The fourth-order valence-corrected chi connectivity index (χ4v) is 2.51. The van der Waals surface area contributed by atoms with Gasteiger partial charge in [0.2, 0.25) is 0 Å². The molecule has 1 aromatic carbocycles. The molecule has 1 aliphatic rings. The zero-order chi connectivity index (χ0) is 13.9. The van der Waals surface area contributed by atoms with Crippen molar-refractivity contribution in [2.75, 3.05) is 6.61 Å². The topological polar surface area (TPSA) is 59.0 Å². The lowest BCUT2D eigenvalue weighted by Gasteiger charge is -2.15. The molecule has 19 heavy (non-hydrogen) atoms. The van der Waals surface area contributed by atoms with Gasteiger partial charge in [0.1, 0.15) is 5.75 Å². The number of hydrogen-bond donors (Lipinski definition) is 1. The lowest BCUT2D eigenvalue weighted by atomic mass is 10.1. The third-order valence-electron chi connectivity index (χ3n) is 3.52. The Balaban J connectivity index is 1.99. The standard InChI is InChI=1S/C15H19BrN2O/c1-11(18)8-12-9-13(2-3-14(12)16)19-10-15(4-5-15)6-7-17/h2-3,9,11H,4-6,8,10,18H2,1H3. The average molecular weight is 323 g/mol. The molecule has 0 amide bonds. The smallest absolute Gasteiger partial charge is 0.119 e. The van der Waals surface area contributed by atoms with Crippen LogP contribution in [-0.2, 0) is 6.42 Å². The van der Waals surface area contributed by atoms with Gasteiger partial charge in [-0.3, -0.25) is 0 Å². The lowest BCUT2D eigenvalue weighted by Crippen LogP contribution is -2.18. The molecule has 0 bridgehead atoms. The summed E-state index contributed by atoms with van der Waals surface area (Å²) in [5.41, 5.74) is 7.12. The molecule has 1 atom stereocenters. The van der Waals surface area contributed by atoms with Crippen LogP contribution in [0.25, 0.3) is 0 Å². The van der Waals surface area contributed by atoms with E-state index in [1.54, 1.807) is 0 Å². The lowest BCUT2D eigenvalue weighted by molar-refractivity contribution is 0.236. The highest BCUT2D eigenvalue weighted by atomic mass is 79.9. The average Bonchev–Trinajstić information content (AvgIpc) is 3.10. The minimum Gasteiger partial charge on any atom is -0.493 e. The summed E-state index contributed by atoms with van der Waals surface area (Å²) in [5, 5.41) is 8.79. The highest BCUT2D eigenvalue weighted by Gasteiger charge is 2.43. The molecule has 1 saturated carbocycles. The summed E-state index contributed by atoms with van der Waals surface area (Å²) in [7, 11) is 0. The van der Waals surface area contributed by atoms with Crippen LogP contribution in [0.1, 0.15) is 31.7 Å². The first kappa shape index (κ1) is 14.4. The van der Waals surface area contributed by atoms with Gasteiger partial charge in [-0.1, -0.05) is 15.9 Å². The highest BCUT2D eigenvalue weighted by Crippen LogP contribution is 2.48. The molecule has 4 heteroatoms. The van der Waals surface area contributed by atoms with E-state index in [0.717, 1.165) is 35.0 Å². The molecule has 1 fully saturated rings. The van der Waals surface area contributed by atoms with Crippen molar-refractivity contribution in [1.29, 1.82) is 5.26 Å². The van der Waals surface area contributed by atoms with Crippen LogP contribution in [-0.4, -0.2) is 12.6 Å². The van der Waals surface area contributed by atoms with Gasteiger partial charge < -0.3 is 10.5 Å². The van der Waals surface area contributed by atoms with Crippen LogP contribution < -0.4 is 10.5 Å². The molecule has 1 aromatic rings. The fraction of sp³-hybridized carbons (Fsp3) is 0.533. The molecule has 0 heterocycles. The molecule has 1 unspecified atom stereocenters. The summed E-state index contributed by atoms with van der Waals surface area (Å²) in [6.45, 7) is 2.63. The van der Waals surface area contributed by atoms with Crippen molar-refractivity contribution in [3.8, 4) is 11.8 Å². The SMILES string of the molecule is CC(N)Cc1cc(OCC2(CC#N)CC2)ccc1Br. The number of nitrogens with zero attached hydrogens (tertiary/aromatic N) is 1. The molecule has 102 valence electrons. The number of benzene rings is 1. The Kier molecular flexibility index (Phi) is 4.49. The summed E-state index contributed by atoms with van der Waals surface area (Å²) in [5.74, 6) is 0.864. The van der Waals surface area contributed by atoms with Crippen LogP contribution in [0.2, 0.25) is 0 Å². The Labute approximate surface area is 122 Å². The Hall–Kier alpha value is -1.05. The van der Waals surface area contributed by atoms with Crippen molar-refractivity contribution in [2.45, 2.75) is 38.6 Å². The molecular formula is C15H19BrN2O. The number of ether oxygens (including phenoxy) is 1. The zero-order valence-electron chi connectivity index (χ0n) is 11.2. The Morgan fingerprint density at radius 2 is 2.26 bits per heavy atom. The van der Waals surface area contributed by atoms with E-state index in [0.29, 0.717) is 13.0 Å². The monoisotopic (exact) mass is 322 g/mol. The van der Waals surface area contributed by atoms with Crippen LogP contribution in [0.3, 0.4) is 0 Å². The first-order chi connectivity index (χ1) is 9.04. The van der Waals surface area contributed by atoms with Gasteiger partial charge in [0, 0.05) is 22.4 Å². The van der Waals surface area contributed by atoms with Gasteiger partial charge in [-0.25, -0.2) is 0 Å². The second kappa shape index (κ2) is 5.94. The van der Waals surface area contributed by atoms with Crippen molar-refractivity contribution in [2.24, 2.45) is 11.1 Å².